The first-order valence-electron chi connectivity index (χ1n) is 6.90. The summed E-state index contributed by atoms with van der Waals surface area (Å²) in [6, 6.07) is 9.65. The summed E-state index contributed by atoms with van der Waals surface area (Å²) in [6.07, 6.45) is 0. The van der Waals surface area contributed by atoms with Crippen LogP contribution in [0.1, 0.15) is 24.2 Å². The number of halogens is 2. The molecule has 0 fully saturated rings. The van der Waals surface area contributed by atoms with E-state index in [1.165, 1.54) is 6.92 Å². The van der Waals surface area contributed by atoms with E-state index in [1.807, 2.05) is 0 Å². The molecule has 0 aliphatic rings. The van der Waals surface area contributed by atoms with Crippen LogP contribution in [0.3, 0.4) is 0 Å². The summed E-state index contributed by atoms with van der Waals surface area (Å²) in [4.78, 5) is 23.6. The number of hydrogen-bond donors (Lipinski definition) is 1. The van der Waals surface area contributed by atoms with Gasteiger partial charge >= 0.3 is 0 Å². The Bertz CT molecular complexity index is 749. The van der Waals surface area contributed by atoms with Gasteiger partial charge in [0.1, 0.15) is 11.6 Å². The van der Waals surface area contributed by atoms with Gasteiger partial charge in [0, 0.05) is 16.1 Å². The lowest BCUT2D eigenvalue weighted by molar-refractivity contribution is -0.115. The van der Waals surface area contributed by atoms with E-state index in [2.05, 4.69) is 5.32 Å². The Morgan fingerprint density at radius 3 is 2.57 bits per heavy atom. The second-order valence-electron chi connectivity index (χ2n) is 4.96. The van der Waals surface area contributed by atoms with Gasteiger partial charge in [0.05, 0.1) is 5.25 Å². The van der Waals surface area contributed by atoms with Crippen LogP contribution in [-0.4, -0.2) is 16.9 Å². The maximum absolute atomic E-state index is 13.6. The number of thioether (sulfide) groups is 1. The van der Waals surface area contributed by atoms with Crippen LogP contribution in [0.5, 0.6) is 0 Å². The summed E-state index contributed by atoms with van der Waals surface area (Å²) in [6.45, 7) is 3.03. The van der Waals surface area contributed by atoms with Crippen LogP contribution in [0, 0.1) is 11.6 Å². The van der Waals surface area contributed by atoms with Crippen LogP contribution in [0.15, 0.2) is 47.4 Å². The molecule has 1 atom stereocenters. The van der Waals surface area contributed by atoms with E-state index >= 15 is 0 Å². The van der Waals surface area contributed by atoms with Gasteiger partial charge in [0.15, 0.2) is 5.78 Å². The lowest BCUT2D eigenvalue weighted by Gasteiger charge is -2.13. The summed E-state index contributed by atoms with van der Waals surface area (Å²) >= 11 is 0.928. The number of Topliss-reactive ketones (excluding diaryl/α,β-unsaturated/α-hetero) is 1. The number of rotatable bonds is 5. The van der Waals surface area contributed by atoms with Crippen molar-refractivity contribution in [3.8, 4) is 0 Å². The molecule has 0 spiro atoms. The van der Waals surface area contributed by atoms with Crippen molar-refractivity contribution in [1.29, 1.82) is 0 Å². The number of ketones is 1. The molecule has 0 saturated heterocycles. The standard InChI is InChI=1S/C17H15F2NO2S/c1-10(21)12-4-3-5-14(8-12)20-17(22)11(2)23-16-9-13(18)6-7-15(16)19/h3-9,11H,1-2H3,(H,20,22)/t11-/m1/s1. The molecular weight excluding hydrogens is 320 g/mol. The molecule has 0 aromatic heterocycles. The zero-order valence-corrected chi connectivity index (χ0v) is 13.4. The molecule has 2 aromatic carbocycles. The number of nitrogens with one attached hydrogen (secondary N) is 1. The van der Waals surface area contributed by atoms with E-state index in [0.29, 0.717) is 11.3 Å². The zero-order valence-electron chi connectivity index (χ0n) is 12.6. The predicted molar refractivity (Wildman–Crippen MR) is 86.8 cm³/mol. The topological polar surface area (TPSA) is 46.2 Å². The van der Waals surface area contributed by atoms with Crippen molar-refractivity contribution >= 4 is 29.1 Å². The lowest BCUT2D eigenvalue weighted by atomic mass is 10.1. The Hall–Kier alpha value is -2.21. The molecular formula is C17H15F2NO2S. The molecule has 3 nitrogen and oxygen atoms in total. The summed E-state index contributed by atoms with van der Waals surface area (Å²) in [7, 11) is 0. The van der Waals surface area contributed by atoms with Crippen LogP contribution < -0.4 is 5.32 Å². The smallest absolute Gasteiger partial charge is 0.237 e. The van der Waals surface area contributed by atoms with Crippen molar-refractivity contribution in [3.05, 3.63) is 59.7 Å². The number of amides is 1. The van der Waals surface area contributed by atoms with E-state index < -0.39 is 16.9 Å². The summed E-state index contributed by atoms with van der Waals surface area (Å²) in [5, 5.41) is 2.03. The van der Waals surface area contributed by atoms with Crippen molar-refractivity contribution in [2.24, 2.45) is 0 Å². The van der Waals surface area contributed by atoms with Crippen molar-refractivity contribution < 1.29 is 18.4 Å². The van der Waals surface area contributed by atoms with Crippen molar-refractivity contribution in [2.75, 3.05) is 5.32 Å². The molecule has 0 radical (unpaired) electrons. The summed E-state index contributed by atoms with van der Waals surface area (Å²) in [5.74, 6) is -1.60. The molecule has 23 heavy (non-hydrogen) atoms. The van der Waals surface area contributed by atoms with Crippen LogP contribution in [0.4, 0.5) is 14.5 Å². The second kappa shape index (κ2) is 7.37. The first-order chi connectivity index (χ1) is 10.9. The van der Waals surface area contributed by atoms with Gasteiger partial charge in [-0.25, -0.2) is 8.78 Å². The maximum atomic E-state index is 13.6. The van der Waals surface area contributed by atoms with Crippen LogP contribution >= 0.6 is 11.8 Å². The van der Waals surface area contributed by atoms with Crippen molar-refractivity contribution in [2.45, 2.75) is 24.0 Å². The number of benzene rings is 2. The minimum Gasteiger partial charge on any atom is -0.325 e. The third kappa shape index (κ3) is 4.63. The van der Waals surface area contributed by atoms with E-state index in [1.54, 1.807) is 31.2 Å². The number of hydrogen-bond acceptors (Lipinski definition) is 3. The number of anilines is 1. The Morgan fingerprint density at radius 2 is 1.87 bits per heavy atom. The summed E-state index contributed by atoms with van der Waals surface area (Å²) in [5.41, 5.74) is 0.967. The van der Waals surface area contributed by atoms with Crippen LogP contribution in [0.25, 0.3) is 0 Å². The first kappa shape index (κ1) is 17.1. The quantitative estimate of drug-likeness (QED) is 0.655. The molecule has 0 saturated carbocycles. The molecule has 2 rings (SSSR count). The second-order valence-corrected chi connectivity index (χ2v) is 6.34. The Kier molecular flexibility index (Phi) is 5.50. The molecule has 1 N–H and O–H groups in total. The van der Waals surface area contributed by atoms with Gasteiger partial charge in [-0.05, 0) is 44.2 Å². The highest BCUT2D eigenvalue weighted by atomic mass is 32.2. The first-order valence-corrected chi connectivity index (χ1v) is 7.78. The van der Waals surface area contributed by atoms with Crippen LogP contribution in [-0.2, 0) is 4.79 Å². The Morgan fingerprint density at radius 1 is 1.13 bits per heavy atom. The maximum Gasteiger partial charge on any atom is 0.237 e. The normalized spacial score (nSPS) is 11.8. The fraction of sp³-hybridized carbons (Fsp3) is 0.176. The summed E-state index contributed by atoms with van der Waals surface area (Å²) < 4.78 is 26.8. The van der Waals surface area contributed by atoms with E-state index in [-0.39, 0.29) is 16.6 Å². The Balaban J connectivity index is 2.07. The fourth-order valence-electron chi connectivity index (χ4n) is 1.87. The highest BCUT2D eigenvalue weighted by molar-refractivity contribution is 8.00. The molecule has 0 heterocycles. The largest absolute Gasteiger partial charge is 0.325 e. The van der Waals surface area contributed by atoms with Gasteiger partial charge in [-0.1, -0.05) is 12.1 Å². The number of carbonyl (C=O) groups excluding carboxylic acids is 2. The van der Waals surface area contributed by atoms with Crippen molar-refractivity contribution in [3.63, 3.8) is 0 Å². The van der Waals surface area contributed by atoms with Gasteiger partial charge in [-0.3, -0.25) is 9.59 Å². The monoisotopic (exact) mass is 335 g/mol. The highest BCUT2D eigenvalue weighted by Gasteiger charge is 2.17. The molecule has 0 bridgehead atoms. The lowest BCUT2D eigenvalue weighted by Crippen LogP contribution is -2.22. The van der Waals surface area contributed by atoms with Gasteiger partial charge in [-0.15, -0.1) is 11.8 Å². The van der Waals surface area contributed by atoms with Gasteiger partial charge < -0.3 is 5.32 Å². The van der Waals surface area contributed by atoms with Gasteiger partial charge in [0.2, 0.25) is 5.91 Å². The van der Waals surface area contributed by atoms with E-state index in [4.69, 9.17) is 0 Å². The molecule has 0 aliphatic heterocycles. The SMILES string of the molecule is CC(=O)c1cccc(NC(=O)[C@@H](C)Sc2cc(F)ccc2F)c1. The molecule has 1 amide bonds. The minimum absolute atomic E-state index is 0.0742. The van der Waals surface area contributed by atoms with E-state index in [0.717, 1.165) is 30.0 Å². The third-order valence-corrected chi connectivity index (χ3v) is 4.24. The molecule has 120 valence electrons. The van der Waals surface area contributed by atoms with Gasteiger partial charge in [0.25, 0.3) is 0 Å². The molecule has 2 aromatic rings. The van der Waals surface area contributed by atoms with Crippen molar-refractivity contribution in [1.82, 2.24) is 0 Å². The number of carbonyl (C=O) groups is 2. The third-order valence-electron chi connectivity index (χ3n) is 3.10. The van der Waals surface area contributed by atoms with Gasteiger partial charge in [-0.2, -0.15) is 0 Å². The highest BCUT2D eigenvalue weighted by Crippen LogP contribution is 2.27. The zero-order chi connectivity index (χ0) is 17.0. The predicted octanol–water partition coefficient (Wildman–Crippen LogP) is 4.29. The van der Waals surface area contributed by atoms with E-state index in [9.17, 15) is 18.4 Å². The average molecular weight is 335 g/mol. The Labute approximate surface area is 137 Å². The molecule has 0 aliphatic carbocycles. The molecule has 6 heteroatoms. The fourth-order valence-corrected chi connectivity index (χ4v) is 2.78. The minimum atomic E-state index is -0.632. The van der Waals surface area contributed by atoms with Crippen LogP contribution in [0.2, 0.25) is 0 Å². The molecule has 0 unspecified atom stereocenters. The average Bonchev–Trinajstić information content (AvgIpc) is 2.51.